The van der Waals surface area contributed by atoms with Gasteiger partial charge in [-0.3, -0.25) is 4.79 Å². The van der Waals surface area contributed by atoms with E-state index in [0.717, 1.165) is 13.3 Å². The van der Waals surface area contributed by atoms with E-state index >= 15 is 0 Å². The molecule has 0 radical (unpaired) electrons. The Labute approximate surface area is 77.5 Å². The molecular weight excluding hydrogens is 199 g/mol. The summed E-state index contributed by atoms with van der Waals surface area (Å²) in [6, 6.07) is 0. The first-order valence-electron chi connectivity index (χ1n) is 3.57. The molecule has 0 aromatic carbocycles. The van der Waals surface area contributed by atoms with Crippen molar-refractivity contribution >= 4 is 6.29 Å². The van der Waals surface area contributed by atoms with E-state index in [1.807, 2.05) is 0 Å². The fraction of sp³-hybridized carbons (Fsp3) is 0.250. The zero-order chi connectivity index (χ0) is 10.7. The van der Waals surface area contributed by atoms with Crippen molar-refractivity contribution in [3.63, 3.8) is 0 Å². The number of hydrogen-bond acceptors (Lipinski definition) is 3. The maximum absolute atomic E-state index is 13.1. The Morgan fingerprint density at radius 3 is 2.64 bits per heavy atom. The molecule has 0 atom stereocenters. The van der Waals surface area contributed by atoms with Gasteiger partial charge in [-0.05, 0) is 0 Å². The van der Waals surface area contributed by atoms with E-state index in [1.54, 1.807) is 0 Å². The number of halogens is 3. The van der Waals surface area contributed by atoms with Crippen molar-refractivity contribution in [3.05, 3.63) is 23.3 Å². The van der Waals surface area contributed by atoms with Crippen LogP contribution in [0.5, 0.6) is 5.75 Å². The Bertz CT molecular complexity index is 355. The second-order valence-corrected chi connectivity index (χ2v) is 2.36. The van der Waals surface area contributed by atoms with Crippen molar-refractivity contribution in [3.8, 4) is 5.75 Å². The molecule has 1 aromatic heterocycles. The molecule has 0 fully saturated rings. The van der Waals surface area contributed by atoms with Gasteiger partial charge in [-0.25, -0.2) is 18.2 Å². The van der Waals surface area contributed by atoms with Gasteiger partial charge in [-0.1, -0.05) is 0 Å². The van der Waals surface area contributed by atoms with E-state index in [-0.39, 0.29) is 6.29 Å². The van der Waals surface area contributed by atoms with Crippen LogP contribution in [0.15, 0.2) is 6.20 Å². The average molecular weight is 205 g/mol. The first-order valence-corrected chi connectivity index (χ1v) is 3.57. The van der Waals surface area contributed by atoms with Gasteiger partial charge >= 0.3 is 0 Å². The molecule has 6 heteroatoms. The number of rotatable bonds is 3. The largest absolute Gasteiger partial charge is 0.493 e. The van der Waals surface area contributed by atoms with E-state index in [1.165, 1.54) is 0 Å². The lowest BCUT2D eigenvalue weighted by Gasteiger charge is -2.08. The number of ether oxygens (including phenoxy) is 1. The molecule has 0 aliphatic rings. The minimum Gasteiger partial charge on any atom is -0.493 e. The molecule has 0 aliphatic carbocycles. The third-order valence-electron chi connectivity index (χ3n) is 1.58. The number of aromatic nitrogens is 1. The molecule has 14 heavy (non-hydrogen) atoms. The molecule has 76 valence electrons. The average Bonchev–Trinajstić information content (AvgIpc) is 2.17. The zero-order valence-corrected chi connectivity index (χ0v) is 7.13. The summed E-state index contributed by atoms with van der Waals surface area (Å²) in [4.78, 5) is 13.5. The van der Waals surface area contributed by atoms with E-state index in [4.69, 9.17) is 0 Å². The lowest BCUT2D eigenvalue weighted by atomic mass is 10.2. The number of pyridine rings is 1. The monoisotopic (exact) mass is 205 g/mol. The van der Waals surface area contributed by atoms with Crippen LogP contribution >= 0.6 is 0 Å². The summed E-state index contributed by atoms with van der Waals surface area (Å²) in [5.41, 5.74) is -1.22. The fourth-order valence-electron chi connectivity index (χ4n) is 0.942. The quantitative estimate of drug-likeness (QED) is 0.708. The fourth-order valence-corrected chi connectivity index (χ4v) is 0.942. The normalized spacial score (nSPS) is 10.4. The molecule has 0 bridgehead atoms. The first-order chi connectivity index (χ1) is 6.61. The van der Waals surface area contributed by atoms with Gasteiger partial charge in [0.15, 0.2) is 17.9 Å². The van der Waals surface area contributed by atoms with Crippen molar-refractivity contribution in [2.24, 2.45) is 0 Å². The summed E-state index contributed by atoms with van der Waals surface area (Å²) in [7, 11) is 1.04. The lowest BCUT2D eigenvalue weighted by Crippen LogP contribution is -2.02. The number of carbonyl (C=O) groups is 1. The topological polar surface area (TPSA) is 39.2 Å². The van der Waals surface area contributed by atoms with E-state index < -0.39 is 29.2 Å². The Hall–Kier alpha value is -1.59. The van der Waals surface area contributed by atoms with Crippen LogP contribution in [0, 0.1) is 5.82 Å². The molecule has 1 aromatic rings. The Morgan fingerprint density at radius 1 is 1.57 bits per heavy atom. The molecule has 0 spiro atoms. The van der Waals surface area contributed by atoms with E-state index in [9.17, 15) is 18.0 Å². The van der Waals surface area contributed by atoms with Gasteiger partial charge < -0.3 is 4.74 Å². The number of alkyl halides is 2. The number of nitrogens with zero attached hydrogens (tertiary/aromatic N) is 1. The summed E-state index contributed by atoms with van der Waals surface area (Å²) >= 11 is 0. The smallest absolute Gasteiger partial charge is 0.269 e. The second kappa shape index (κ2) is 4.08. The van der Waals surface area contributed by atoms with Gasteiger partial charge in [0.1, 0.15) is 5.69 Å². The molecule has 0 amide bonds. The number of hydrogen-bond donors (Lipinski definition) is 0. The predicted molar refractivity (Wildman–Crippen MR) is 41.1 cm³/mol. The molecule has 0 N–H and O–H groups in total. The summed E-state index contributed by atoms with van der Waals surface area (Å²) in [6.07, 6.45) is -2.05. The molecule has 0 saturated carbocycles. The summed E-state index contributed by atoms with van der Waals surface area (Å²) in [6.45, 7) is 0. The minimum absolute atomic E-state index is 0.132. The predicted octanol–water partition coefficient (Wildman–Crippen LogP) is 1.98. The van der Waals surface area contributed by atoms with Crippen LogP contribution in [0.25, 0.3) is 0 Å². The molecule has 0 saturated heterocycles. The Kier molecular flexibility index (Phi) is 3.06. The maximum Gasteiger partial charge on any atom is 0.269 e. The van der Waals surface area contributed by atoms with Crippen molar-refractivity contribution < 1.29 is 22.7 Å². The van der Waals surface area contributed by atoms with Crippen LogP contribution in [0.4, 0.5) is 13.2 Å². The molecule has 0 aliphatic heterocycles. The Balaban J connectivity index is 3.35. The molecular formula is C8H6F3NO2. The highest BCUT2D eigenvalue weighted by atomic mass is 19.3. The molecule has 1 rings (SSSR count). The molecule has 1 heterocycles. The van der Waals surface area contributed by atoms with Crippen molar-refractivity contribution in [1.29, 1.82) is 0 Å². The van der Waals surface area contributed by atoms with Crippen LogP contribution in [0.3, 0.4) is 0 Å². The van der Waals surface area contributed by atoms with Gasteiger partial charge in [0, 0.05) is 6.20 Å². The highest BCUT2D eigenvalue weighted by molar-refractivity contribution is 5.73. The third kappa shape index (κ3) is 1.68. The maximum atomic E-state index is 13.1. The van der Waals surface area contributed by atoms with Gasteiger partial charge in [-0.15, -0.1) is 0 Å². The van der Waals surface area contributed by atoms with Gasteiger partial charge in [-0.2, -0.15) is 0 Å². The van der Waals surface area contributed by atoms with Crippen molar-refractivity contribution in [2.75, 3.05) is 7.11 Å². The SMILES string of the molecule is COc1c(C(F)F)cnc(C=O)c1F. The zero-order valence-electron chi connectivity index (χ0n) is 7.13. The highest BCUT2D eigenvalue weighted by Crippen LogP contribution is 2.31. The van der Waals surface area contributed by atoms with Crippen LogP contribution in [-0.4, -0.2) is 18.4 Å². The number of methoxy groups -OCH3 is 1. The standard InChI is InChI=1S/C8H6F3NO2/c1-14-7-4(8(10)11)2-12-5(3-13)6(7)9/h2-3,8H,1H3. The summed E-state index contributed by atoms with van der Waals surface area (Å²) < 4.78 is 42.1. The number of carbonyl (C=O) groups excluding carboxylic acids is 1. The highest BCUT2D eigenvalue weighted by Gasteiger charge is 2.21. The van der Waals surface area contributed by atoms with Crippen LogP contribution in [-0.2, 0) is 0 Å². The summed E-state index contributed by atoms with van der Waals surface area (Å²) in [5, 5.41) is 0. The molecule has 3 nitrogen and oxygen atoms in total. The summed E-state index contributed by atoms with van der Waals surface area (Å²) in [5.74, 6) is -1.81. The van der Waals surface area contributed by atoms with Gasteiger partial charge in [0.2, 0.25) is 0 Å². The number of aldehydes is 1. The van der Waals surface area contributed by atoms with Crippen LogP contribution in [0.1, 0.15) is 22.5 Å². The van der Waals surface area contributed by atoms with Gasteiger partial charge in [0.25, 0.3) is 6.43 Å². The second-order valence-electron chi connectivity index (χ2n) is 2.36. The van der Waals surface area contributed by atoms with E-state index in [2.05, 4.69) is 9.72 Å². The van der Waals surface area contributed by atoms with Crippen LogP contribution in [0.2, 0.25) is 0 Å². The molecule has 0 unspecified atom stereocenters. The van der Waals surface area contributed by atoms with E-state index in [0.29, 0.717) is 0 Å². The van der Waals surface area contributed by atoms with Gasteiger partial charge in [0.05, 0.1) is 12.7 Å². The van der Waals surface area contributed by atoms with Crippen molar-refractivity contribution in [2.45, 2.75) is 6.43 Å². The Morgan fingerprint density at radius 2 is 2.21 bits per heavy atom. The van der Waals surface area contributed by atoms with Crippen LogP contribution < -0.4 is 4.74 Å². The van der Waals surface area contributed by atoms with Crippen molar-refractivity contribution in [1.82, 2.24) is 4.98 Å². The first kappa shape index (κ1) is 10.5. The minimum atomic E-state index is -2.90. The lowest BCUT2D eigenvalue weighted by molar-refractivity contribution is 0.111. The third-order valence-corrected chi connectivity index (χ3v) is 1.58.